The average molecular weight is 527 g/mol. The Morgan fingerprint density at radius 3 is 2.47 bits per heavy atom. The van der Waals surface area contributed by atoms with Crippen molar-refractivity contribution in [1.29, 1.82) is 0 Å². The third-order valence-corrected chi connectivity index (χ3v) is 11.9. The number of hydrogen-bond donors (Lipinski definition) is 0. The Morgan fingerprint density at radius 2 is 1.79 bits per heavy atom. The molecule has 5 aliphatic rings. The lowest BCUT2D eigenvalue weighted by atomic mass is 9.46. The molecule has 2 fully saturated rings. The number of rotatable bonds is 4. The van der Waals surface area contributed by atoms with Crippen molar-refractivity contribution in [2.75, 3.05) is 6.61 Å². The molecule has 6 heteroatoms. The summed E-state index contributed by atoms with van der Waals surface area (Å²) in [6, 6.07) is 0. The van der Waals surface area contributed by atoms with Gasteiger partial charge in [0.2, 0.25) is 0 Å². The molecule has 1 unspecified atom stereocenters. The van der Waals surface area contributed by atoms with Crippen LogP contribution in [0.3, 0.4) is 0 Å². The number of allylic oxidation sites excluding steroid dienone is 1. The minimum atomic E-state index is -0.614. The molecule has 38 heavy (non-hydrogen) atoms. The molecule has 6 nitrogen and oxygen atoms in total. The lowest BCUT2D eigenvalue weighted by Crippen LogP contribution is -2.54. The van der Waals surface area contributed by atoms with Crippen molar-refractivity contribution in [2.45, 2.75) is 118 Å². The van der Waals surface area contributed by atoms with Crippen LogP contribution in [-0.4, -0.2) is 36.2 Å². The van der Waals surface area contributed by atoms with E-state index in [1.165, 1.54) is 12.5 Å². The van der Waals surface area contributed by atoms with Crippen LogP contribution in [0.25, 0.3) is 0 Å². The van der Waals surface area contributed by atoms with Gasteiger partial charge < -0.3 is 14.2 Å². The molecule has 0 aromatic heterocycles. The van der Waals surface area contributed by atoms with Crippen LogP contribution in [0.1, 0.15) is 106 Å². The summed E-state index contributed by atoms with van der Waals surface area (Å²) in [4.78, 5) is 37.1. The Bertz CT molecular complexity index is 1100. The molecule has 2 heterocycles. The first-order valence-corrected chi connectivity index (χ1v) is 14.7. The molecule has 1 saturated heterocycles. The predicted octanol–water partition coefficient (Wildman–Crippen LogP) is 6.47. The number of fused-ring (bicyclic) bond motifs is 4. The van der Waals surface area contributed by atoms with Gasteiger partial charge in [-0.25, -0.2) is 4.79 Å². The van der Waals surface area contributed by atoms with E-state index in [9.17, 15) is 14.4 Å². The van der Waals surface area contributed by atoms with Crippen molar-refractivity contribution in [3.8, 4) is 0 Å². The van der Waals surface area contributed by atoms with E-state index in [0.29, 0.717) is 30.9 Å². The first-order valence-electron chi connectivity index (χ1n) is 14.7. The first kappa shape index (κ1) is 27.5. The number of carbonyl (C=O) groups excluding carboxylic acids is 3. The van der Waals surface area contributed by atoms with Crippen molar-refractivity contribution in [1.82, 2.24) is 0 Å². The lowest BCUT2D eigenvalue weighted by Gasteiger charge is -2.59. The maximum Gasteiger partial charge on any atom is 0.333 e. The van der Waals surface area contributed by atoms with Gasteiger partial charge in [-0.2, -0.15) is 0 Å². The topological polar surface area (TPSA) is 78.9 Å². The summed E-state index contributed by atoms with van der Waals surface area (Å²) in [5.74, 6) is 0.261. The Balaban J connectivity index is 1.54. The highest BCUT2D eigenvalue weighted by molar-refractivity contribution is 5.88. The van der Waals surface area contributed by atoms with Gasteiger partial charge in [-0.05, 0) is 88.4 Å². The third-order valence-electron chi connectivity index (χ3n) is 11.9. The maximum absolute atomic E-state index is 12.7. The second kappa shape index (κ2) is 9.23. The average Bonchev–Trinajstić information content (AvgIpc) is 3.07. The molecule has 0 spiro atoms. The van der Waals surface area contributed by atoms with E-state index in [2.05, 4.69) is 20.8 Å². The fourth-order valence-electron chi connectivity index (χ4n) is 9.68. The zero-order valence-corrected chi connectivity index (χ0v) is 24.4. The van der Waals surface area contributed by atoms with Crippen molar-refractivity contribution in [3.05, 3.63) is 22.8 Å². The summed E-state index contributed by atoms with van der Waals surface area (Å²) in [6.45, 7) is 14.9. The molecule has 1 saturated carbocycles. The largest absolute Gasteiger partial charge is 0.465 e. The fraction of sp³-hybridized carbons (Fsp3) is 0.781. The summed E-state index contributed by atoms with van der Waals surface area (Å²) in [6.07, 6.45) is 9.96. The minimum Gasteiger partial charge on any atom is -0.465 e. The van der Waals surface area contributed by atoms with Gasteiger partial charge in [0, 0.05) is 36.7 Å². The summed E-state index contributed by atoms with van der Waals surface area (Å²) < 4.78 is 17.7. The van der Waals surface area contributed by atoms with Crippen LogP contribution in [0.4, 0.5) is 0 Å². The van der Waals surface area contributed by atoms with Gasteiger partial charge in [0.1, 0.15) is 18.3 Å². The SMILES string of the molecule is CC(=O)OC[C@]12CCC(=O)OC(C)(C)[C@@H]1CCC1=C2CC[C@]2(C)[C@@H]([C@H](C)C3CC=C(C)C(=O)O3)CC[C@@]12C. The van der Waals surface area contributed by atoms with Gasteiger partial charge >= 0.3 is 17.9 Å². The van der Waals surface area contributed by atoms with E-state index in [1.807, 2.05) is 26.8 Å². The van der Waals surface area contributed by atoms with E-state index in [0.717, 1.165) is 44.9 Å². The zero-order valence-electron chi connectivity index (χ0n) is 24.4. The van der Waals surface area contributed by atoms with Crippen LogP contribution >= 0.6 is 0 Å². The van der Waals surface area contributed by atoms with Crippen molar-refractivity contribution >= 4 is 17.9 Å². The number of esters is 3. The number of cyclic esters (lactones) is 2. The molecule has 2 aliphatic heterocycles. The van der Waals surface area contributed by atoms with E-state index >= 15 is 0 Å². The van der Waals surface area contributed by atoms with Crippen molar-refractivity contribution in [3.63, 3.8) is 0 Å². The molecule has 0 bridgehead atoms. The highest BCUT2D eigenvalue weighted by Gasteiger charge is 2.64. The first-order chi connectivity index (χ1) is 17.7. The molecule has 7 atom stereocenters. The number of carbonyl (C=O) groups is 3. The third kappa shape index (κ3) is 3.99. The standard InChI is InChI=1S/C32H46O6/c1-19-8-10-25(37-28(19)35)20(2)22-12-15-31(7)23-9-11-26-29(4,5)38-27(34)14-17-32(26,18-36-21(3)33)24(23)13-16-30(22,31)6/h8,20,22,25-26H,9-18H2,1-7H3/t20-,22+,25?,26-,30+,31-,32-/m0/s1. The van der Waals surface area contributed by atoms with Crippen molar-refractivity contribution in [2.24, 2.45) is 34.0 Å². The second-order valence-electron chi connectivity index (χ2n) is 13.9. The van der Waals surface area contributed by atoms with Gasteiger partial charge in [0.15, 0.2) is 0 Å². The van der Waals surface area contributed by atoms with Crippen LogP contribution in [0.2, 0.25) is 0 Å². The normalized spacial score (nSPS) is 41.0. The van der Waals surface area contributed by atoms with Gasteiger partial charge in [-0.15, -0.1) is 0 Å². The predicted molar refractivity (Wildman–Crippen MR) is 144 cm³/mol. The van der Waals surface area contributed by atoms with Gasteiger partial charge in [0.25, 0.3) is 0 Å². The Morgan fingerprint density at radius 1 is 1.05 bits per heavy atom. The molecule has 0 amide bonds. The van der Waals surface area contributed by atoms with Gasteiger partial charge in [-0.1, -0.05) is 38.0 Å². The fourth-order valence-corrected chi connectivity index (χ4v) is 9.68. The second-order valence-corrected chi connectivity index (χ2v) is 13.9. The van der Waals surface area contributed by atoms with E-state index in [1.54, 1.807) is 5.57 Å². The Labute approximate surface area is 227 Å². The molecular weight excluding hydrogens is 480 g/mol. The Hall–Kier alpha value is -2.11. The van der Waals surface area contributed by atoms with Crippen LogP contribution in [0.5, 0.6) is 0 Å². The molecule has 0 N–H and O–H groups in total. The van der Waals surface area contributed by atoms with Gasteiger partial charge in [-0.3, -0.25) is 9.59 Å². The summed E-state index contributed by atoms with van der Waals surface area (Å²) in [5.41, 5.74) is 2.84. The number of hydrogen-bond acceptors (Lipinski definition) is 6. The van der Waals surface area contributed by atoms with Gasteiger partial charge in [0.05, 0.1) is 0 Å². The summed E-state index contributed by atoms with van der Waals surface area (Å²) in [7, 11) is 0. The molecule has 0 aromatic carbocycles. The van der Waals surface area contributed by atoms with E-state index in [-0.39, 0.29) is 52.1 Å². The van der Waals surface area contributed by atoms with Crippen LogP contribution in [0.15, 0.2) is 22.8 Å². The molecule has 210 valence electrons. The summed E-state index contributed by atoms with van der Waals surface area (Å²) in [5, 5.41) is 0. The van der Waals surface area contributed by atoms with Crippen LogP contribution in [0, 0.1) is 34.0 Å². The van der Waals surface area contributed by atoms with Crippen LogP contribution in [-0.2, 0) is 28.6 Å². The lowest BCUT2D eigenvalue weighted by molar-refractivity contribution is -0.165. The molecule has 0 aromatic rings. The van der Waals surface area contributed by atoms with Crippen LogP contribution < -0.4 is 0 Å². The smallest absolute Gasteiger partial charge is 0.333 e. The van der Waals surface area contributed by atoms with E-state index < -0.39 is 5.60 Å². The molecular formula is C32H46O6. The monoisotopic (exact) mass is 526 g/mol. The van der Waals surface area contributed by atoms with E-state index in [4.69, 9.17) is 14.2 Å². The molecule has 3 aliphatic carbocycles. The van der Waals surface area contributed by atoms with Crippen molar-refractivity contribution < 1.29 is 28.6 Å². The highest BCUT2D eigenvalue weighted by atomic mass is 16.6. The Kier molecular flexibility index (Phi) is 6.67. The maximum atomic E-state index is 12.7. The number of ether oxygens (including phenoxy) is 3. The highest BCUT2D eigenvalue weighted by Crippen LogP contribution is 2.71. The zero-order chi connectivity index (χ0) is 27.7. The molecule has 0 radical (unpaired) electrons. The molecule has 5 rings (SSSR count). The minimum absolute atomic E-state index is 0.0272. The summed E-state index contributed by atoms with van der Waals surface area (Å²) >= 11 is 0. The quantitative estimate of drug-likeness (QED) is 0.237.